The molecule has 1 fully saturated rings. The molecular weight excluding hydrogens is 554 g/mol. The van der Waals surface area contributed by atoms with Crippen molar-refractivity contribution in [3.05, 3.63) is 59.5 Å². The number of amides is 3. The highest BCUT2D eigenvalue weighted by Crippen LogP contribution is 2.26. The molecule has 4 rings (SSSR count). The van der Waals surface area contributed by atoms with Gasteiger partial charge >= 0.3 is 5.97 Å². The fraction of sp³-hybridized carbons (Fsp3) is 0.419. The Morgan fingerprint density at radius 3 is 2.60 bits per heavy atom. The van der Waals surface area contributed by atoms with Crippen LogP contribution in [0.4, 0.5) is 0 Å². The summed E-state index contributed by atoms with van der Waals surface area (Å²) in [6.45, 7) is 5.51. The van der Waals surface area contributed by atoms with Crippen molar-refractivity contribution in [1.82, 2.24) is 25.9 Å². The molecule has 3 aromatic rings. The van der Waals surface area contributed by atoms with Gasteiger partial charge in [-0.2, -0.15) is 0 Å². The van der Waals surface area contributed by atoms with Gasteiger partial charge in [0.25, 0.3) is 5.91 Å². The number of aromatic amines is 1. The molecule has 3 heterocycles. The van der Waals surface area contributed by atoms with Crippen LogP contribution in [0.1, 0.15) is 66.6 Å². The zero-order valence-electron chi connectivity index (χ0n) is 24.7. The molecule has 0 saturated carbocycles. The second kappa shape index (κ2) is 13.5. The van der Waals surface area contributed by atoms with E-state index in [1.165, 1.54) is 13.3 Å². The number of hydrogen-bond acceptors (Lipinski definition) is 8. The van der Waals surface area contributed by atoms with Gasteiger partial charge in [0, 0.05) is 40.7 Å². The van der Waals surface area contributed by atoms with Crippen LogP contribution in [-0.2, 0) is 24.5 Å². The first-order valence-corrected chi connectivity index (χ1v) is 14.1. The van der Waals surface area contributed by atoms with Crippen molar-refractivity contribution in [3.63, 3.8) is 0 Å². The van der Waals surface area contributed by atoms with Crippen molar-refractivity contribution in [3.8, 4) is 5.75 Å². The lowest BCUT2D eigenvalue weighted by Gasteiger charge is -2.26. The Morgan fingerprint density at radius 2 is 1.93 bits per heavy atom. The van der Waals surface area contributed by atoms with Gasteiger partial charge in [0.1, 0.15) is 11.4 Å². The molecular formula is C31H37N5O7. The number of methoxy groups -OCH3 is 1. The molecule has 0 aliphatic carbocycles. The number of H-pyrrole nitrogens is 1. The molecule has 1 saturated heterocycles. The van der Waals surface area contributed by atoms with E-state index in [2.05, 4.69) is 25.9 Å². The molecule has 1 aliphatic heterocycles. The molecule has 1 aliphatic rings. The summed E-state index contributed by atoms with van der Waals surface area (Å²) < 4.78 is 10.6. The molecule has 3 amide bonds. The standard InChI is InChI=1S/C31H37N5O7/c1-31(2,3)26-11-10-19(15-33-26)30(41)43-17-24(37)22(13-18-7-6-12-32-28(18)39)36-27(38)16-34-29(40)23-14-20-21(35-23)8-5-9-25(20)42-4/h5,8-11,14-15,18,22,35H,6-7,12-13,16-17H2,1-4H3,(H,32,39)(H,34,40)(H,36,38)/t18-,22-/m0/s1. The molecule has 2 aromatic heterocycles. The monoisotopic (exact) mass is 591 g/mol. The smallest absolute Gasteiger partial charge is 0.340 e. The lowest BCUT2D eigenvalue weighted by Crippen LogP contribution is -2.49. The SMILES string of the molecule is COc1cccc2[nH]c(C(=O)NCC(=O)N[C@@H](C[C@@H]3CCCNC3=O)C(=O)COC(=O)c3ccc(C(C)(C)C)nc3)cc12. The molecule has 2 atom stereocenters. The van der Waals surface area contributed by atoms with E-state index in [1.54, 1.807) is 36.4 Å². The van der Waals surface area contributed by atoms with E-state index in [0.717, 1.165) is 12.1 Å². The van der Waals surface area contributed by atoms with E-state index in [1.807, 2.05) is 20.8 Å². The van der Waals surface area contributed by atoms with Crippen molar-refractivity contribution in [2.24, 2.45) is 5.92 Å². The van der Waals surface area contributed by atoms with Crippen LogP contribution in [0.5, 0.6) is 5.75 Å². The predicted octanol–water partition coefficient (Wildman–Crippen LogP) is 2.43. The minimum Gasteiger partial charge on any atom is -0.496 e. The number of aromatic nitrogens is 2. The van der Waals surface area contributed by atoms with E-state index in [-0.39, 0.29) is 29.0 Å². The van der Waals surface area contributed by atoms with Gasteiger partial charge in [-0.25, -0.2) is 4.79 Å². The van der Waals surface area contributed by atoms with Crippen LogP contribution in [0.3, 0.4) is 0 Å². The molecule has 0 spiro atoms. The lowest BCUT2D eigenvalue weighted by molar-refractivity contribution is -0.132. The largest absolute Gasteiger partial charge is 0.496 e. The third-order valence-corrected chi connectivity index (χ3v) is 7.25. The van der Waals surface area contributed by atoms with Crippen molar-refractivity contribution >= 4 is 40.4 Å². The summed E-state index contributed by atoms with van der Waals surface area (Å²) in [7, 11) is 1.53. The average molecular weight is 592 g/mol. The van der Waals surface area contributed by atoms with E-state index in [0.29, 0.717) is 29.6 Å². The van der Waals surface area contributed by atoms with Gasteiger partial charge in [-0.15, -0.1) is 0 Å². The summed E-state index contributed by atoms with van der Waals surface area (Å²) in [5, 5.41) is 8.63. The zero-order chi connectivity index (χ0) is 31.1. The molecule has 0 radical (unpaired) electrons. The molecule has 0 bridgehead atoms. The van der Waals surface area contributed by atoms with Crippen LogP contribution in [0.15, 0.2) is 42.6 Å². The van der Waals surface area contributed by atoms with Crippen molar-refractivity contribution in [2.75, 3.05) is 26.8 Å². The number of piperidine rings is 1. The lowest BCUT2D eigenvalue weighted by atomic mass is 9.90. The first-order valence-electron chi connectivity index (χ1n) is 14.1. The minimum absolute atomic E-state index is 0.0333. The quantitative estimate of drug-likeness (QED) is 0.247. The number of carbonyl (C=O) groups is 5. The van der Waals surface area contributed by atoms with Gasteiger partial charge < -0.3 is 30.4 Å². The van der Waals surface area contributed by atoms with E-state index >= 15 is 0 Å². The Kier molecular flexibility index (Phi) is 9.79. The fourth-order valence-electron chi connectivity index (χ4n) is 4.82. The third kappa shape index (κ3) is 7.97. The highest BCUT2D eigenvalue weighted by Gasteiger charge is 2.31. The third-order valence-electron chi connectivity index (χ3n) is 7.25. The molecule has 12 heteroatoms. The zero-order valence-corrected chi connectivity index (χ0v) is 24.7. The Balaban J connectivity index is 1.37. The number of esters is 1. The van der Waals surface area contributed by atoms with Crippen molar-refractivity contribution in [2.45, 2.75) is 51.5 Å². The van der Waals surface area contributed by atoms with E-state index in [4.69, 9.17) is 9.47 Å². The first-order chi connectivity index (χ1) is 20.5. The van der Waals surface area contributed by atoms with Gasteiger partial charge in [-0.1, -0.05) is 26.8 Å². The summed E-state index contributed by atoms with van der Waals surface area (Å²) in [6, 6.07) is 9.17. The number of benzene rings is 1. The first kappa shape index (κ1) is 31.2. The number of carbonyl (C=O) groups excluding carboxylic acids is 5. The highest BCUT2D eigenvalue weighted by atomic mass is 16.5. The highest BCUT2D eigenvalue weighted by molar-refractivity contribution is 6.01. The number of nitrogens with one attached hydrogen (secondary N) is 4. The summed E-state index contributed by atoms with van der Waals surface area (Å²) in [5.41, 5.74) is 1.71. The van der Waals surface area contributed by atoms with E-state index < -0.39 is 48.7 Å². The van der Waals surface area contributed by atoms with Gasteiger partial charge in [-0.3, -0.25) is 24.2 Å². The van der Waals surface area contributed by atoms with Gasteiger partial charge in [0.15, 0.2) is 12.4 Å². The van der Waals surface area contributed by atoms with Crippen LogP contribution in [-0.4, -0.2) is 72.3 Å². The summed E-state index contributed by atoms with van der Waals surface area (Å²) in [6.07, 6.45) is 2.72. The summed E-state index contributed by atoms with van der Waals surface area (Å²) >= 11 is 0. The van der Waals surface area contributed by atoms with Crippen LogP contribution in [0.2, 0.25) is 0 Å². The second-order valence-corrected chi connectivity index (χ2v) is 11.5. The fourth-order valence-corrected chi connectivity index (χ4v) is 4.82. The number of nitrogens with zero attached hydrogens (tertiary/aromatic N) is 1. The Hall–Kier alpha value is -4.74. The number of Topliss-reactive ketones (excluding diaryl/α,β-unsaturated/α-hetero) is 1. The van der Waals surface area contributed by atoms with Crippen LogP contribution in [0.25, 0.3) is 10.9 Å². The number of ether oxygens (including phenoxy) is 2. The van der Waals surface area contributed by atoms with Crippen LogP contribution in [0, 0.1) is 5.92 Å². The molecule has 1 aromatic carbocycles. The Morgan fingerprint density at radius 1 is 1.14 bits per heavy atom. The topological polar surface area (TPSA) is 169 Å². The number of rotatable bonds is 11. The van der Waals surface area contributed by atoms with Gasteiger partial charge in [0.2, 0.25) is 11.8 Å². The molecule has 4 N–H and O–H groups in total. The maximum absolute atomic E-state index is 13.2. The minimum atomic E-state index is -1.11. The Labute approximate surface area is 249 Å². The Bertz CT molecular complexity index is 1510. The van der Waals surface area contributed by atoms with Crippen molar-refractivity contribution in [1.29, 1.82) is 0 Å². The number of ketones is 1. The molecule has 12 nitrogen and oxygen atoms in total. The average Bonchev–Trinajstić information content (AvgIpc) is 3.44. The van der Waals surface area contributed by atoms with Crippen LogP contribution >= 0.6 is 0 Å². The number of fused-ring (bicyclic) bond motifs is 1. The molecule has 228 valence electrons. The normalized spacial score (nSPS) is 15.7. The number of hydrogen-bond donors (Lipinski definition) is 4. The second-order valence-electron chi connectivity index (χ2n) is 11.5. The van der Waals surface area contributed by atoms with Gasteiger partial charge in [0.05, 0.1) is 25.3 Å². The van der Waals surface area contributed by atoms with Crippen LogP contribution < -0.4 is 20.7 Å². The maximum atomic E-state index is 13.2. The summed E-state index contributed by atoms with van der Waals surface area (Å²) in [5.74, 6) is -2.57. The summed E-state index contributed by atoms with van der Waals surface area (Å²) in [4.78, 5) is 71.0. The van der Waals surface area contributed by atoms with E-state index in [9.17, 15) is 24.0 Å². The number of pyridine rings is 1. The van der Waals surface area contributed by atoms with Gasteiger partial charge in [-0.05, 0) is 49.6 Å². The molecule has 0 unspecified atom stereocenters. The molecule has 43 heavy (non-hydrogen) atoms. The maximum Gasteiger partial charge on any atom is 0.340 e. The van der Waals surface area contributed by atoms with Crippen molar-refractivity contribution < 1.29 is 33.4 Å². The predicted molar refractivity (Wildman–Crippen MR) is 158 cm³/mol.